The number of ether oxygens (including phenoxy) is 3. The highest BCUT2D eigenvalue weighted by Gasteiger charge is 2.13. The minimum absolute atomic E-state index is 0.0510. The Kier molecular flexibility index (Phi) is 6.16. The van der Waals surface area contributed by atoms with Gasteiger partial charge < -0.3 is 24.8 Å². The van der Waals surface area contributed by atoms with Crippen molar-refractivity contribution in [1.29, 1.82) is 0 Å². The Morgan fingerprint density at radius 1 is 1.06 bits per heavy atom. The van der Waals surface area contributed by atoms with Gasteiger partial charge in [-0.15, -0.1) is 0 Å². The van der Waals surface area contributed by atoms with E-state index < -0.39 is 0 Å². The summed E-state index contributed by atoms with van der Waals surface area (Å²) in [5, 5.41) is 6.49. The highest BCUT2D eigenvalue weighted by molar-refractivity contribution is 5.79. The maximum Gasteiger partial charge on any atom is 0.229 e. The van der Waals surface area contributed by atoms with Crippen LogP contribution in [0.5, 0.6) is 17.2 Å². The SMILES string of the molecule is CCC(=O)COc1cccc(Nc2ncc(C)c(Nc3ccc4c(c3)OCCO4)n2)c1. The molecule has 2 aromatic carbocycles. The lowest BCUT2D eigenvalue weighted by molar-refractivity contribution is -0.120. The Morgan fingerprint density at radius 2 is 1.87 bits per heavy atom. The number of Topliss-reactive ketones (excluding diaryl/α,β-unsaturated/α-hetero) is 1. The van der Waals surface area contributed by atoms with Crippen molar-refractivity contribution in [3.8, 4) is 17.2 Å². The van der Waals surface area contributed by atoms with E-state index in [2.05, 4.69) is 20.6 Å². The standard InChI is InChI=1S/C23H24N4O4/c1-3-18(28)14-31-19-6-4-5-16(11-19)26-23-24-13-15(2)22(27-23)25-17-7-8-20-21(12-17)30-10-9-29-20/h4-8,11-13H,3,9-10,14H2,1-2H3,(H2,24,25,26,27). The fraction of sp³-hybridized carbons (Fsp3) is 0.261. The second-order valence-corrected chi connectivity index (χ2v) is 7.04. The number of hydrogen-bond acceptors (Lipinski definition) is 8. The quantitative estimate of drug-likeness (QED) is 0.554. The zero-order valence-electron chi connectivity index (χ0n) is 17.5. The van der Waals surface area contributed by atoms with Crippen molar-refractivity contribution >= 4 is 28.9 Å². The lowest BCUT2D eigenvalue weighted by Gasteiger charge is -2.19. The molecule has 0 spiro atoms. The number of anilines is 4. The van der Waals surface area contributed by atoms with Crippen LogP contribution in [-0.4, -0.2) is 35.6 Å². The third-order valence-corrected chi connectivity index (χ3v) is 4.66. The average Bonchev–Trinajstić information content (AvgIpc) is 2.80. The first-order valence-electron chi connectivity index (χ1n) is 10.1. The molecule has 8 nitrogen and oxygen atoms in total. The van der Waals surface area contributed by atoms with Crippen LogP contribution in [-0.2, 0) is 4.79 Å². The summed E-state index contributed by atoms with van der Waals surface area (Å²) in [5.41, 5.74) is 2.50. The maximum absolute atomic E-state index is 11.5. The number of benzene rings is 2. The third kappa shape index (κ3) is 5.22. The number of fused-ring (bicyclic) bond motifs is 1. The molecule has 0 saturated carbocycles. The summed E-state index contributed by atoms with van der Waals surface area (Å²) in [5.74, 6) is 3.21. The van der Waals surface area contributed by atoms with Crippen LogP contribution in [0.3, 0.4) is 0 Å². The first-order valence-corrected chi connectivity index (χ1v) is 10.1. The van der Waals surface area contributed by atoms with Gasteiger partial charge in [-0.1, -0.05) is 13.0 Å². The molecule has 0 radical (unpaired) electrons. The number of ketones is 1. The number of rotatable bonds is 8. The topological polar surface area (TPSA) is 94.6 Å². The summed E-state index contributed by atoms with van der Waals surface area (Å²) in [6, 6.07) is 13.0. The predicted molar refractivity (Wildman–Crippen MR) is 118 cm³/mol. The van der Waals surface area contributed by atoms with Crippen molar-refractivity contribution in [2.45, 2.75) is 20.3 Å². The Labute approximate surface area is 180 Å². The molecule has 0 bridgehead atoms. The van der Waals surface area contributed by atoms with Gasteiger partial charge in [0.25, 0.3) is 0 Å². The Morgan fingerprint density at radius 3 is 2.71 bits per heavy atom. The van der Waals surface area contributed by atoms with Crippen LogP contribution < -0.4 is 24.8 Å². The number of nitrogens with zero attached hydrogens (tertiary/aromatic N) is 2. The molecular formula is C23H24N4O4. The van der Waals surface area contributed by atoms with E-state index in [-0.39, 0.29) is 12.4 Å². The van der Waals surface area contributed by atoms with Gasteiger partial charge in [-0.3, -0.25) is 4.79 Å². The summed E-state index contributed by atoms with van der Waals surface area (Å²) in [4.78, 5) is 20.4. The number of nitrogens with one attached hydrogen (secondary N) is 2. The van der Waals surface area contributed by atoms with Gasteiger partial charge in [-0.2, -0.15) is 4.98 Å². The van der Waals surface area contributed by atoms with Crippen LogP contribution in [0.15, 0.2) is 48.7 Å². The van der Waals surface area contributed by atoms with Gasteiger partial charge in [0, 0.05) is 41.7 Å². The van der Waals surface area contributed by atoms with Crippen LogP contribution >= 0.6 is 0 Å². The molecule has 0 saturated heterocycles. The van der Waals surface area contributed by atoms with Crippen molar-refractivity contribution in [2.24, 2.45) is 0 Å². The van der Waals surface area contributed by atoms with Crippen LogP contribution in [0.1, 0.15) is 18.9 Å². The lowest BCUT2D eigenvalue weighted by Crippen LogP contribution is -2.15. The summed E-state index contributed by atoms with van der Waals surface area (Å²) in [7, 11) is 0. The molecule has 31 heavy (non-hydrogen) atoms. The molecule has 160 valence electrons. The fourth-order valence-corrected chi connectivity index (χ4v) is 2.95. The molecule has 0 aliphatic carbocycles. The number of hydrogen-bond donors (Lipinski definition) is 2. The molecule has 0 unspecified atom stereocenters. The molecule has 2 N–H and O–H groups in total. The highest BCUT2D eigenvalue weighted by Crippen LogP contribution is 2.34. The molecule has 0 atom stereocenters. The molecule has 2 heterocycles. The Hall–Kier alpha value is -3.81. The first kappa shape index (κ1) is 20.5. The zero-order chi connectivity index (χ0) is 21.6. The number of aryl methyl sites for hydroxylation is 1. The molecular weight excluding hydrogens is 396 g/mol. The monoisotopic (exact) mass is 420 g/mol. The second-order valence-electron chi connectivity index (χ2n) is 7.04. The van der Waals surface area contributed by atoms with Crippen molar-refractivity contribution in [3.05, 3.63) is 54.2 Å². The molecule has 0 amide bonds. The largest absolute Gasteiger partial charge is 0.486 e. The molecule has 4 rings (SSSR count). The van der Waals surface area contributed by atoms with E-state index in [0.29, 0.717) is 42.9 Å². The van der Waals surface area contributed by atoms with E-state index in [1.807, 2.05) is 44.2 Å². The van der Waals surface area contributed by atoms with Crippen LogP contribution in [0, 0.1) is 6.92 Å². The Balaban J connectivity index is 1.47. The van der Waals surface area contributed by atoms with Crippen molar-refractivity contribution < 1.29 is 19.0 Å². The van der Waals surface area contributed by atoms with Crippen molar-refractivity contribution in [2.75, 3.05) is 30.5 Å². The highest BCUT2D eigenvalue weighted by atomic mass is 16.6. The summed E-state index contributed by atoms with van der Waals surface area (Å²) >= 11 is 0. The molecule has 1 aliphatic rings. The van der Waals surface area contributed by atoms with Crippen molar-refractivity contribution in [1.82, 2.24) is 9.97 Å². The van der Waals surface area contributed by atoms with E-state index >= 15 is 0 Å². The minimum atomic E-state index is 0.0510. The normalized spacial score (nSPS) is 12.2. The van der Waals surface area contributed by atoms with Crippen molar-refractivity contribution in [3.63, 3.8) is 0 Å². The summed E-state index contributed by atoms with van der Waals surface area (Å²) in [6.45, 7) is 4.90. The predicted octanol–water partition coefficient (Wildman–Crippen LogP) is 4.40. The second kappa shape index (κ2) is 9.34. The number of carbonyl (C=O) groups excluding carboxylic acids is 1. The molecule has 0 fully saturated rings. The zero-order valence-corrected chi connectivity index (χ0v) is 17.5. The van der Waals surface area contributed by atoms with Crippen LogP contribution in [0.4, 0.5) is 23.1 Å². The van der Waals surface area contributed by atoms with E-state index in [0.717, 1.165) is 22.7 Å². The van der Waals surface area contributed by atoms with E-state index in [9.17, 15) is 4.79 Å². The van der Waals surface area contributed by atoms with Gasteiger partial charge in [0.1, 0.15) is 31.4 Å². The minimum Gasteiger partial charge on any atom is -0.486 e. The molecule has 1 aliphatic heterocycles. The van der Waals surface area contributed by atoms with E-state index in [1.165, 1.54) is 0 Å². The van der Waals surface area contributed by atoms with Gasteiger partial charge in [-0.25, -0.2) is 4.98 Å². The smallest absolute Gasteiger partial charge is 0.229 e. The van der Waals surface area contributed by atoms with E-state index in [1.54, 1.807) is 18.3 Å². The lowest BCUT2D eigenvalue weighted by atomic mass is 10.2. The van der Waals surface area contributed by atoms with Gasteiger partial charge in [0.15, 0.2) is 17.3 Å². The average molecular weight is 420 g/mol. The van der Waals surface area contributed by atoms with Gasteiger partial charge >= 0.3 is 0 Å². The molecule has 1 aromatic heterocycles. The van der Waals surface area contributed by atoms with Gasteiger partial charge in [-0.05, 0) is 31.2 Å². The Bertz CT molecular complexity index is 1090. The first-order chi connectivity index (χ1) is 15.1. The third-order valence-electron chi connectivity index (χ3n) is 4.66. The van der Waals surface area contributed by atoms with Gasteiger partial charge in [0.05, 0.1) is 0 Å². The maximum atomic E-state index is 11.5. The summed E-state index contributed by atoms with van der Waals surface area (Å²) < 4.78 is 16.8. The molecule has 3 aromatic rings. The molecule has 8 heteroatoms. The summed E-state index contributed by atoms with van der Waals surface area (Å²) in [6.07, 6.45) is 2.20. The van der Waals surface area contributed by atoms with Crippen LogP contribution in [0.2, 0.25) is 0 Å². The van der Waals surface area contributed by atoms with Crippen LogP contribution in [0.25, 0.3) is 0 Å². The van der Waals surface area contributed by atoms with Gasteiger partial charge in [0.2, 0.25) is 5.95 Å². The van der Waals surface area contributed by atoms with E-state index in [4.69, 9.17) is 14.2 Å². The number of carbonyl (C=O) groups is 1. The fourth-order valence-electron chi connectivity index (χ4n) is 2.95. The number of aromatic nitrogens is 2.